The Morgan fingerprint density at radius 3 is 2.42 bits per heavy atom. The Morgan fingerprint density at radius 1 is 1.17 bits per heavy atom. The molecule has 0 spiro atoms. The van der Waals surface area contributed by atoms with Crippen molar-refractivity contribution in [2.45, 2.75) is 45.3 Å². The highest BCUT2D eigenvalue weighted by Crippen LogP contribution is 2.20. The minimum absolute atomic E-state index is 0.328. The Bertz CT molecular complexity index is 502. The van der Waals surface area contributed by atoms with E-state index >= 15 is 0 Å². The lowest BCUT2D eigenvalue weighted by atomic mass is 10.2. The molecular formula is C14H24N4O6. The summed E-state index contributed by atoms with van der Waals surface area (Å²) in [5, 5.41) is 2.20. The summed E-state index contributed by atoms with van der Waals surface area (Å²) in [4.78, 5) is 47.9. The van der Waals surface area contributed by atoms with E-state index in [4.69, 9.17) is 4.74 Å². The van der Waals surface area contributed by atoms with E-state index in [1.54, 1.807) is 20.8 Å². The molecule has 0 unspecified atom stereocenters. The minimum Gasteiger partial charge on any atom is -0.468 e. The molecule has 136 valence electrons. The fourth-order valence-corrected chi connectivity index (χ4v) is 2.05. The Morgan fingerprint density at radius 2 is 1.83 bits per heavy atom. The first kappa shape index (κ1) is 19.5. The van der Waals surface area contributed by atoms with Crippen LogP contribution in [0.3, 0.4) is 0 Å². The number of methoxy groups -OCH3 is 1. The average Bonchev–Trinajstić information content (AvgIpc) is 2.98. The zero-order chi connectivity index (χ0) is 18.3. The molecule has 3 N–H and O–H groups in total. The number of hydrazine groups is 1. The lowest BCUT2D eigenvalue weighted by Gasteiger charge is -2.28. The Kier molecular flexibility index (Phi) is 6.81. The van der Waals surface area contributed by atoms with Crippen molar-refractivity contribution in [3.05, 3.63) is 0 Å². The second-order valence-electron chi connectivity index (χ2n) is 6.20. The molecule has 24 heavy (non-hydrogen) atoms. The SMILES string of the molecule is COC(=O)CNC(=O)NNC(=O)[C@@H]1CCCN1C(=O)OC(C)(C)C. The van der Waals surface area contributed by atoms with Crippen molar-refractivity contribution < 1.29 is 28.7 Å². The first-order chi connectivity index (χ1) is 11.1. The fourth-order valence-electron chi connectivity index (χ4n) is 2.05. The molecule has 1 rings (SSSR count). The maximum absolute atomic E-state index is 12.1. The Balaban J connectivity index is 2.47. The number of amides is 4. The van der Waals surface area contributed by atoms with Crippen LogP contribution in [0.2, 0.25) is 0 Å². The van der Waals surface area contributed by atoms with Gasteiger partial charge < -0.3 is 14.8 Å². The van der Waals surface area contributed by atoms with Crippen LogP contribution in [-0.4, -0.2) is 60.7 Å². The molecule has 1 saturated heterocycles. The Hall–Kier alpha value is -2.52. The predicted octanol–water partition coefficient (Wildman–Crippen LogP) is -0.111. The molecule has 1 aliphatic rings. The van der Waals surface area contributed by atoms with Crippen LogP contribution in [0.5, 0.6) is 0 Å². The van der Waals surface area contributed by atoms with Gasteiger partial charge in [0, 0.05) is 6.54 Å². The van der Waals surface area contributed by atoms with Gasteiger partial charge in [-0.1, -0.05) is 0 Å². The summed E-state index contributed by atoms with van der Waals surface area (Å²) in [6, 6.07) is -1.49. The van der Waals surface area contributed by atoms with Gasteiger partial charge >= 0.3 is 18.1 Å². The van der Waals surface area contributed by atoms with Crippen molar-refractivity contribution in [3.63, 3.8) is 0 Å². The number of esters is 1. The van der Waals surface area contributed by atoms with E-state index in [1.807, 2.05) is 0 Å². The van der Waals surface area contributed by atoms with E-state index in [0.717, 1.165) is 0 Å². The van der Waals surface area contributed by atoms with Gasteiger partial charge in [-0.2, -0.15) is 0 Å². The molecule has 0 bridgehead atoms. The second kappa shape index (κ2) is 8.37. The van der Waals surface area contributed by atoms with Gasteiger partial charge in [-0.15, -0.1) is 0 Å². The molecule has 1 aliphatic heterocycles. The van der Waals surface area contributed by atoms with E-state index in [1.165, 1.54) is 12.0 Å². The number of rotatable bonds is 3. The highest BCUT2D eigenvalue weighted by molar-refractivity contribution is 5.88. The largest absolute Gasteiger partial charge is 0.468 e. The monoisotopic (exact) mass is 344 g/mol. The zero-order valence-corrected chi connectivity index (χ0v) is 14.3. The standard InChI is InChI=1S/C14H24N4O6/c1-14(2,3)24-13(22)18-7-5-6-9(18)11(20)16-17-12(21)15-8-10(19)23-4/h9H,5-8H2,1-4H3,(H,16,20)(H2,15,17,21)/t9-/m0/s1. The van der Waals surface area contributed by atoms with Crippen molar-refractivity contribution in [2.75, 3.05) is 20.2 Å². The molecule has 0 saturated carbocycles. The van der Waals surface area contributed by atoms with Gasteiger partial charge in [-0.25, -0.2) is 15.0 Å². The zero-order valence-electron chi connectivity index (χ0n) is 14.3. The van der Waals surface area contributed by atoms with Crippen molar-refractivity contribution in [3.8, 4) is 0 Å². The van der Waals surface area contributed by atoms with Crippen LogP contribution in [0.1, 0.15) is 33.6 Å². The number of ether oxygens (including phenoxy) is 2. The molecule has 1 fully saturated rings. The van der Waals surface area contributed by atoms with E-state index in [-0.39, 0.29) is 6.54 Å². The van der Waals surface area contributed by atoms with E-state index < -0.39 is 35.6 Å². The molecule has 0 aromatic heterocycles. The lowest BCUT2D eigenvalue weighted by molar-refractivity contribution is -0.139. The number of likely N-dealkylation sites (tertiary alicyclic amines) is 1. The van der Waals surface area contributed by atoms with Crippen LogP contribution >= 0.6 is 0 Å². The summed E-state index contributed by atoms with van der Waals surface area (Å²) >= 11 is 0. The highest BCUT2D eigenvalue weighted by Gasteiger charge is 2.36. The first-order valence-electron chi connectivity index (χ1n) is 7.54. The highest BCUT2D eigenvalue weighted by atomic mass is 16.6. The number of nitrogens with one attached hydrogen (secondary N) is 3. The summed E-state index contributed by atoms with van der Waals surface area (Å²) in [7, 11) is 1.19. The summed E-state index contributed by atoms with van der Waals surface area (Å²) < 4.78 is 9.62. The molecule has 10 heteroatoms. The van der Waals surface area contributed by atoms with Crippen molar-refractivity contribution in [2.24, 2.45) is 0 Å². The van der Waals surface area contributed by atoms with Gasteiger partial charge in [0.05, 0.1) is 7.11 Å². The number of hydrogen-bond donors (Lipinski definition) is 3. The summed E-state index contributed by atoms with van der Waals surface area (Å²) in [5.41, 5.74) is 3.66. The summed E-state index contributed by atoms with van der Waals surface area (Å²) in [5.74, 6) is -1.16. The van der Waals surface area contributed by atoms with E-state index in [0.29, 0.717) is 19.4 Å². The normalized spacial score (nSPS) is 17.0. The number of urea groups is 1. The van der Waals surface area contributed by atoms with Gasteiger partial charge in [0.2, 0.25) is 0 Å². The molecule has 1 heterocycles. The van der Waals surface area contributed by atoms with Gasteiger partial charge in [0.15, 0.2) is 0 Å². The Labute approximate surface area is 140 Å². The van der Waals surface area contributed by atoms with Crippen molar-refractivity contribution in [1.82, 2.24) is 21.1 Å². The van der Waals surface area contributed by atoms with E-state index in [2.05, 4.69) is 20.9 Å². The van der Waals surface area contributed by atoms with Crippen LogP contribution < -0.4 is 16.2 Å². The van der Waals surface area contributed by atoms with Crippen LogP contribution in [0.15, 0.2) is 0 Å². The van der Waals surface area contributed by atoms with Gasteiger partial charge in [-0.05, 0) is 33.6 Å². The first-order valence-corrected chi connectivity index (χ1v) is 7.54. The molecule has 10 nitrogen and oxygen atoms in total. The molecule has 0 aromatic rings. The number of nitrogens with zero attached hydrogens (tertiary/aromatic N) is 1. The average molecular weight is 344 g/mol. The van der Waals surface area contributed by atoms with Crippen molar-refractivity contribution in [1.29, 1.82) is 0 Å². The molecule has 0 aliphatic carbocycles. The third-order valence-corrected chi connectivity index (χ3v) is 3.10. The van der Waals surface area contributed by atoms with Gasteiger partial charge in [0.25, 0.3) is 5.91 Å². The number of carbonyl (C=O) groups is 4. The topological polar surface area (TPSA) is 126 Å². The molecular weight excluding hydrogens is 320 g/mol. The molecule has 4 amide bonds. The van der Waals surface area contributed by atoms with Gasteiger partial charge in [-0.3, -0.25) is 19.9 Å². The predicted molar refractivity (Wildman–Crippen MR) is 82.7 cm³/mol. The quantitative estimate of drug-likeness (QED) is 0.484. The number of carbonyl (C=O) groups excluding carboxylic acids is 4. The minimum atomic E-state index is -0.768. The van der Waals surface area contributed by atoms with Crippen molar-refractivity contribution >= 4 is 24.0 Å². The van der Waals surface area contributed by atoms with E-state index in [9.17, 15) is 19.2 Å². The second-order valence-corrected chi connectivity index (χ2v) is 6.20. The maximum atomic E-state index is 12.1. The summed E-state index contributed by atoms with van der Waals surface area (Å²) in [6.07, 6.45) is 0.554. The molecule has 0 radical (unpaired) electrons. The summed E-state index contributed by atoms with van der Waals surface area (Å²) in [6.45, 7) is 5.29. The molecule has 0 aromatic carbocycles. The van der Waals surface area contributed by atoms with Crippen LogP contribution in [0, 0.1) is 0 Å². The lowest BCUT2D eigenvalue weighted by Crippen LogP contribution is -2.54. The van der Waals surface area contributed by atoms with Crippen LogP contribution in [-0.2, 0) is 19.1 Å². The van der Waals surface area contributed by atoms with Crippen LogP contribution in [0.25, 0.3) is 0 Å². The molecule has 1 atom stereocenters. The third-order valence-electron chi connectivity index (χ3n) is 3.10. The third kappa shape index (κ3) is 6.31. The fraction of sp³-hybridized carbons (Fsp3) is 0.714. The number of hydrogen-bond acceptors (Lipinski definition) is 6. The van der Waals surface area contributed by atoms with Crippen LogP contribution in [0.4, 0.5) is 9.59 Å². The maximum Gasteiger partial charge on any atom is 0.410 e. The van der Waals surface area contributed by atoms with Gasteiger partial charge in [0.1, 0.15) is 18.2 Å². The smallest absolute Gasteiger partial charge is 0.410 e.